The molecule has 0 radical (unpaired) electrons. The fourth-order valence-corrected chi connectivity index (χ4v) is 1.38. The van der Waals surface area contributed by atoms with Gasteiger partial charge in [0.2, 0.25) is 0 Å². The van der Waals surface area contributed by atoms with E-state index in [2.05, 4.69) is 29.2 Å². The van der Waals surface area contributed by atoms with Crippen molar-refractivity contribution in [2.24, 2.45) is 0 Å². The van der Waals surface area contributed by atoms with E-state index >= 15 is 0 Å². The number of aromatic nitrogens is 1. The van der Waals surface area contributed by atoms with Crippen LogP contribution in [-0.2, 0) is 0 Å². The monoisotopic (exact) mass is 185 g/mol. The third kappa shape index (κ3) is 3.19. The molecule has 1 aromatic heterocycles. The first kappa shape index (κ1) is 9.48. The van der Waals surface area contributed by atoms with E-state index in [0.717, 1.165) is 24.8 Å². The summed E-state index contributed by atoms with van der Waals surface area (Å²) in [6.45, 7) is 5.29. The van der Waals surface area contributed by atoms with E-state index in [-0.39, 0.29) is 0 Å². The van der Waals surface area contributed by atoms with Crippen molar-refractivity contribution in [1.29, 1.82) is 0 Å². The molecule has 0 aliphatic carbocycles. The van der Waals surface area contributed by atoms with Crippen LogP contribution in [0.5, 0.6) is 0 Å². The Morgan fingerprint density at radius 3 is 3.08 bits per heavy atom. The van der Waals surface area contributed by atoms with Crippen molar-refractivity contribution in [3.05, 3.63) is 11.6 Å². The maximum atomic E-state index is 4.13. The van der Waals surface area contributed by atoms with Gasteiger partial charge in [0.15, 0.2) is 5.13 Å². The molecule has 68 valence electrons. The minimum Gasteiger partial charge on any atom is -0.360 e. The van der Waals surface area contributed by atoms with Crippen LogP contribution in [-0.4, -0.2) is 36.6 Å². The van der Waals surface area contributed by atoms with E-state index in [4.69, 9.17) is 0 Å². The van der Waals surface area contributed by atoms with Crippen LogP contribution in [0.25, 0.3) is 0 Å². The average molecular weight is 185 g/mol. The lowest BCUT2D eigenvalue weighted by molar-refractivity contribution is 0.367. The molecule has 4 heteroatoms. The minimum absolute atomic E-state index is 0.970. The van der Waals surface area contributed by atoms with Crippen LogP contribution in [0.2, 0.25) is 0 Å². The van der Waals surface area contributed by atoms with Crippen molar-refractivity contribution in [3.63, 3.8) is 0 Å². The molecule has 0 aliphatic rings. The lowest BCUT2D eigenvalue weighted by atomic mass is 10.5. The predicted molar refractivity (Wildman–Crippen MR) is 53.8 cm³/mol. The van der Waals surface area contributed by atoms with Crippen molar-refractivity contribution in [2.75, 3.05) is 32.0 Å². The molecule has 0 bridgehead atoms. The molecular formula is C8H15N3S. The summed E-state index contributed by atoms with van der Waals surface area (Å²) in [7, 11) is 2.11. The number of anilines is 1. The Morgan fingerprint density at radius 2 is 2.50 bits per heavy atom. The zero-order valence-electron chi connectivity index (χ0n) is 7.58. The second-order valence-electron chi connectivity index (χ2n) is 2.66. The molecule has 0 saturated carbocycles. The Bertz CT molecular complexity index is 198. The molecule has 0 unspecified atom stereocenters. The topological polar surface area (TPSA) is 28.2 Å². The number of nitrogens with zero attached hydrogens (tertiary/aromatic N) is 2. The Hall–Kier alpha value is -0.610. The molecule has 1 heterocycles. The molecule has 1 N–H and O–H groups in total. The summed E-state index contributed by atoms with van der Waals surface area (Å²) >= 11 is 1.64. The third-order valence-corrected chi connectivity index (χ3v) is 2.47. The highest BCUT2D eigenvalue weighted by Crippen LogP contribution is 2.08. The van der Waals surface area contributed by atoms with Crippen LogP contribution in [0, 0.1) is 0 Å². The largest absolute Gasteiger partial charge is 0.360 e. The molecular weight excluding hydrogens is 170 g/mol. The third-order valence-electron chi connectivity index (χ3n) is 1.74. The summed E-state index contributed by atoms with van der Waals surface area (Å²) < 4.78 is 0. The van der Waals surface area contributed by atoms with Gasteiger partial charge < -0.3 is 10.2 Å². The zero-order valence-corrected chi connectivity index (χ0v) is 8.40. The number of thiazole rings is 1. The Balaban J connectivity index is 2.11. The van der Waals surface area contributed by atoms with E-state index < -0.39 is 0 Å². The molecule has 1 aromatic rings. The Labute approximate surface area is 77.4 Å². The van der Waals surface area contributed by atoms with Crippen LogP contribution >= 0.6 is 11.3 Å². The van der Waals surface area contributed by atoms with Gasteiger partial charge in [-0.25, -0.2) is 4.98 Å². The summed E-state index contributed by atoms with van der Waals surface area (Å²) in [6, 6.07) is 0. The average Bonchev–Trinajstić information content (AvgIpc) is 2.57. The number of hydrogen-bond donors (Lipinski definition) is 1. The van der Waals surface area contributed by atoms with E-state index in [0.29, 0.717) is 0 Å². The van der Waals surface area contributed by atoms with E-state index in [1.807, 2.05) is 11.6 Å². The standard InChI is InChI=1S/C8H15N3S/c1-3-11(2)6-4-9-8-10-5-7-12-8/h5,7H,3-4,6H2,1-2H3,(H,9,10). The fourth-order valence-electron chi connectivity index (χ4n) is 0.823. The van der Waals surface area contributed by atoms with Gasteiger partial charge in [0.05, 0.1) is 0 Å². The van der Waals surface area contributed by atoms with Gasteiger partial charge in [-0.1, -0.05) is 6.92 Å². The molecule has 1 rings (SSSR count). The number of likely N-dealkylation sites (N-methyl/N-ethyl adjacent to an activating group) is 1. The first-order valence-electron chi connectivity index (χ1n) is 4.15. The first-order valence-corrected chi connectivity index (χ1v) is 5.02. The second-order valence-corrected chi connectivity index (χ2v) is 3.55. The molecule has 0 spiro atoms. The van der Waals surface area contributed by atoms with Crippen molar-refractivity contribution in [2.45, 2.75) is 6.92 Å². The molecule has 3 nitrogen and oxygen atoms in total. The SMILES string of the molecule is CCN(C)CCNc1nccs1. The van der Waals surface area contributed by atoms with Gasteiger partial charge in [-0.05, 0) is 13.6 Å². The first-order chi connectivity index (χ1) is 5.83. The fraction of sp³-hybridized carbons (Fsp3) is 0.625. The lowest BCUT2D eigenvalue weighted by Crippen LogP contribution is -2.24. The van der Waals surface area contributed by atoms with E-state index in [1.54, 1.807) is 11.3 Å². The van der Waals surface area contributed by atoms with E-state index in [1.165, 1.54) is 0 Å². The molecule has 0 saturated heterocycles. The quantitative estimate of drug-likeness (QED) is 0.753. The Morgan fingerprint density at radius 1 is 1.67 bits per heavy atom. The highest BCUT2D eigenvalue weighted by molar-refractivity contribution is 7.13. The maximum Gasteiger partial charge on any atom is 0.182 e. The highest BCUT2D eigenvalue weighted by atomic mass is 32.1. The van der Waals surface area contributed by atoms with Crippen molar-refractivity contribution in [1.82, 2.24) is 9.88 Å². The molecule has 0 aliphatic heterocycles. The molecule has 0 fully saturated rings. The Kier molecular flexibility index (Phi) is 4.04. The zero-order chi connectivity index (χ0) is 8.81. The number of nitrogens with one attached hydrogen (secondary N) is 1. The molecule has 0 atom stereocenters. The van der Waals surface area contributed by atoms with Crippen LogP contribution < -0.4 is 5.32 Å². The van der Waals surface area contributed by atoms with Gasteiger partial charge in [-0.3, -0.25) is 0 Å². The number of rotatable bonds is 5. The highest BCUT2D eigenvalue weighted by Gasteiger charge is 1.95. The van der Waals surface area contributed by atoms with Crippen molar-refractivity contribution >= 4 is 16.5 Å². The predicted octanol–water partition coefficient (Wildman–Crippen LogP) is 1.51. The summed E-state index contributed by atoms with van der Waals surface area (Å²) in [5.41, 5.74) is 0. The summed E-state index contributed by atoms with van der Waals surface area (Å²) in [5.74, 6) is 0. The van der Waals surface area contributed by atoms with E-state index in [9.17, 15) is 0 Å². The summed E-state index contributed by atoms with van der Waals surface area (Å²) in [6.07, 6.45) is 1.82. The van der Waals surface area contributed by atoms with Gasteiger partial charge in [-0.15, -0.1) is 11.3 Å². The van der Waals surface area contributed by atoms with Gasteiger partial charge in [0.1, 0.15) is 0 Å². The van der Waals surface area contributed by atoms with Crippen LogP contribution in [0.3, 0.4) is 0 Å². The van der Waals surface area contributed by atoms with Crippen LogP contribution in [0.1, 0.15) is 6.92 Å². The summed E-state index contributed by atoms with van der Waals surface area (Å²) in [4.78, 5) is 6.39. The van der Waals surface area contributed by atoms with Crippen molar-refractivity contribution in [3.8, 4) is 0 Å². The van der Waals surface area contributed by atoms with Gasteiger partial charge in [0, 0.05) is 24.7 Å². The van der Waals surface area contributed by atoms with Crippen LogP contribution in [0.15, 0.2) is 11.6 Å². The smallest absolute Gasteiger partial charge is 0.182 e. The maximum absolute atomic E-state index is 4.13. The normalized spacial score (nSPS) is 10.6. The van der Waals surface area contributed by atoms with Gasteiger partial charge in [-0.2, -0.15) is 0 Å². The number of hydrogen-bond acceptors (Lipinski definition) is 4. The minimum atomic E-state index is 0.970. The van der Waals surface area contributed by atoms with Crippen LogP contribution in [0.4, 0.5) is 5.13 Å². The molecule has 12 heavy (non-hydrogen) atoms. The van der Waals surface area contributed by atoms with Gasteiger partial charge >= 0.3 is 0 Å². The molecule has 0 amide bonds. The molecule has 0 aromatic carbocycles. The van der Waals surface area contributed by atoms with Gasteiger partial charge in [0.25, 0.3) is 0 Å². The second kappa shape index (κ2) is 5.11. The van der Waals surface area contributed by atoms with Crippen molar-refractivity contribution < 1.29 is 0 Å². The lowest BCUT2D eigenvalue weighted by Gasteiger charge is -2.13. The summed E-state index contributed by atoms with van der Waals surface area (Å²) in [5, 5.41) is 6.25.